The van der Waals surface area contributed by atoms with Gasteiger partial charge in [-0.05, 0) is 62.6 Å². The molecule has 0 radical (unpaired) electrons. The number of amides is 1. The number of piperidine rings is 1. The number of H-pyrrole nitrogens is 1. The van der Waals surface area contributed by atoms with Crippen molar-refractivity contribution in [2.24, 2.45) is 17.6 Å². The van der Waals surface area contributed by atoms with Gasteiger partial charge in [-0.25, -0.2) is 18.4 Å². The maximum absolute atomic E-state index is 13.3. The maximum atomic E-state index is 13.3. The standard InChI is InChI=1S/C34H48N6O6S/c1-22(2)20-27(35)33(42)46-25-13-16-40(17-14-25)32(41)23-8-10-24(11-9-23)38-34-36-15-12-28(39-34)26-21-37-29-6-4-7-30(31(26)29)45-18-5-19-47(3,43)44/h4,6-7,12,15,21-25,27,37H,5,8-11,13-14,16-20,35H2,1-3H3,(H,36,38,39)/t23?,24?,27-/m0/s1. The molecule has 1 saturated carbocycles. The Labute approximate surface area is 277 Å². The third kappa shape index (κ3) is 9.44. The molecule has 1 atom stereocenters. The molecule has 4 N–H and O–H groups in total. The van der Waals surface area contributed by atoms with Crippen molar-refractivity contribution in [2.75, 3.05) is 37.0 Å². The zero-order chi connectivity index (χ0) is 33.6. The quantitative estimate of drug-likeness (QED) is 0.176. The van der Waals surface area contributed by atoms with Gasteiger partial charge in [0.05, 0.1) is 23.4 Å². The fraction of sp³-hybridized carbons (Fsp3) is 0.588. The molecule has 1 aliphatic heterocycles. The lowest BCUT2D eigenvalue weighted by molar-refractivity contribution is -0.154. The molecule has 1 saturated heterocycles. The number of aromatic amines is 1. The molecule has 12 nitrogen and oxygen atoms in total. The van der Waals surface area contributed by atoms with Gasteiger partial charge in [-0.15, -0.1) is 0 Å². The first kappa shape index (κ1) is 34.6. The summed E-state index contributed by atoms with van der Waals surface area (Å²) in [5.41, 5.74) is 8.48. The molecule has 1 aromatic carbocycles. The maximum Gasteiger partial charge on any atom is 0.323 e. The van der Waals surface area contributed by atoms with Crippen LogP contribution in [-0.4, -0.2) is 90.0 Å². The second-order valence-electron chi connectivity index (χ2n) is 13.4. The number of nitrogens with one attached hydrogen (secondary N) is 2. The lowest BCUT2D eigenvalue weighted by atomic mass is 9.85. The third-order valence-electron chi connectivity index (χ3n) is 8.99. The van der Waals surface area contributed by atoms with E-state index in [9.17, 15) is 18.0 Å². The number of fused-ring (bicyclic) bond motifs is 1. The van der Waals surface area contributed by atoms with Gasteiger partial charge in [-0.2, -0.15) is 0 Å². The van der Waals surface area contributed by atoms with Gasteiger partial charge < -0.3 is 30.4 Å². The van der Waals surface area contributed by atoms with Gasteiger partial charge in [0, 0.05) is 67.6 Å². The minimum absolute atomic E-state index is 0.0130. The van der Waals surface area contributed by atoms with Crippen molar-refractivity contribution >= 4 is 38.6 Å². The Kier molecular flexibility index (Phi) is 11.4. The molecule has 1 amide bonds. The molecule has 2 fully saturated rings. The summed E-state index contributed by atoms with van der Waals surface area (Å²) in [7, 11) is -3.05. The van der Waals surface area contributed by atoms with Crippen LogP contribution in [0.5, 0.6) is 5.75 Å². The normalized spacial score (nSPS) is 19.9. The molecule has 1 aliphatic carbocycles. The molecule has 256 valence electrons. The van der Waals surface area contributed by atoms with Crippen molar-refractivity contribution in [3.8, 4) is 17.0 Å². The molecule has 2 aromatic heterocycles. The molecule has 47 heavy (non-hydrogen) atoms. The predicted octanol–water partition coefficient (Wildman–Crippen LogP) is 4.32. The van der Waals surface area contributed by atoms with Crippen molar-refractivity contribution in [2.45, 2.75) is 83.4 Å². The van der Waals surface area contributed by atoms with Gasteiger partial charge in [0.1, 0.15) is 27.7 Å². The molecular formula is C34H48N6O6S. The number of nitrogens with two attached hydrogens (primary N) is 1. The largest absolute Gasteiger partial charge is 0.493 e. The van der Waals surface area contributed by atoms with Gasteiger partial charge in [0.25, 0.3) is 0 Å². The Morgan fingerprint density at radius 3 is 2.55 bits per heavy atom. The summed E-state index contributed by atoms with van der Waals surface area (Å²) in [5.74, 6) is 1.43. The fourth-order valence-corrected chi connectivity index (χ4v) is 7.17. The average Bonchev–Trinajstić information content (AvgIpc) is 3.48. The Hall–Kier alpha value is -3.71. The predicted molar refractivity (Wildman–Crippen MR) is 182 cm³/mol. The van der Waals surface area contributed by atoms with E-state index < -0.39 is 15.9 Å². The van der Waals surface area contributed by atoms with E-state index in [1.54, 1.807) is 6.20 Å². The van der Waals surface area contributed by atoms with Gasteiger partial charge in [-0.1, -0.05) is 19.9 Å². The van der Waals surface area contributed by atoms with Crippen LogP contribution in [0.3, 0.4) is 0 Å². The molecule has 2 aliphatic rings. The number of nitrogens with zero attached hydrogens (tertiary/aromatic N) is 3. The number of ether oxygens (including phenoxy) is 2. The summed E-state index contributed by atoms with van der Waals surface area (Å²) >= 11 is 0. The van der Waals surface area contributed by atoms with Crippen molar-refractivity contribution in [1.29, 1.82) is 0 Å². The highest BCUT2D eigenvalue weighted by molar-refractivity contribution is 7.90. The second kappa shape index (κ2) is 15.5. The lowest BCUT2D eigenvalue weighted by Crippen LogP contribution is -2.46. The molecule has 0 bridgehead atoms. The summed E-state index contributed by atoms with van der Waals surface area (Å²) < 4.78 is 34.6. The number of hydrogen-bond acceptors (Lipinski definition) is 10. The first-order valence-electron chi connectivity index (χ1n) is 16.7. The zero-order valence-corrected chi connectivity index (χ0v) is 28.4. The highest BCUT2D eigenvalue weighted by atomic mass is 32.2. The van der Waals surface area contributed by atoms with Crippen LogP contribution < -0.4 is 15.8 Å². The van der Waals surface area contributed by atoms with E-state index in [0.717, 1.165) is 47.8 Å². The van der Waals surface area contributed by atoms with Gasteiger partial charge >= 0.3 is 5.97 Å². The van der Waals surface area contributed by atoms with E-state index in [2.05, 4.69) is 15.3 Å². The third-order valence-corrected chi connectivity index (χ3v) is 10.0. The Morgan fingerprint density at radius 2 is 1.85 bits per heavy atom. The van der Waals surface area contributed by atoms with Crippen molar-refractivity contribution in [1.82, 2.24) is 19.9 Å². The van der Waals surface area contributed by atoms with Crippen molar-refractivity contribution < 1.29 is 27.5 Å². The van der Waals surface area contributed by atoms with Gasteiger partial charge in [0.2, 0.25) is 11.9 Å². The summed E-state index contributed by atoms with van der Waals surface area (Å²) in [4.78, 5) is 40.1. The molecule has 3 aromatic rings. The molecule has 0 unspecified atom stereocenters. The summed E-state index contributed by atoms with van der Waals surface area (Å²) in [6.45, 7) is 5.54. The van der Waals surface area contributed by atoms with Gasteiger partial charge in [-0.3, -0.25) is 9.59 Å². The van der Waals surface area contributed by atoms with Crippen molar-refractivity contribution in [3.63, 3.8) is 0 Å². The van der Waals surface area contributed by atoms with Crippen LogP contribution in [0.4, 0.5) is 5.95 Å². The molecule has 0 spiro atoms. The van der Waals surface area contributed by atoms with Crippen LogP contribution in [0.1, 0.15) is 65.2 Å². The molecule has 13 heteroatoms. The Bertz CT molecular complexity index is 1630. The number of anilines is 1. The van der Waals surface area contributed by atoms with Crippen LogP contribution in [-0.2, 0) is 24.2 Å². The summed E-state index contributed by atoms with van der Waals surface area (Å²) in [6.07, 6.45) is 10.2. The number of sulfone groups is 1. The SMILES string of the molecule is CC(C)C[C@H](N)C(=O)OC1CCN(C(=O)C2CCC(Nc3nccc(-c4c[nH]c5cccc(OCCCS(C)(=O)=O)c45)n3)CC2)CC1. The monoisotopic (exact) mass is 668 g/mol. The van der Waals surface area contributed by atoms with Crippen molar-refractivity contribution in [3.05, 3.63) is 36.7 Å². The number of esters is 1. The fourth-order valence-electron chi connectivity index (χ4n) is 6.53. The average molecular weight is 669 g/mol. The zero-order valence-electron chi connectivity index (χ0n) is 27.6. The number of likely N-dealkylation sites (tertiary alicyclic amines) is 1. The Morgan fingerprint density at radius 1 is 1.11 bits per heavy atom. The second-order valence-corrected chi connectivity index (χ2v) is 15.6. The van der Waals surface area contributed by atoms with Crippen LogP contribution >= 0.6 is 0 Å². The number of carbonyl (C=O) groups excluding carboxylic acids is 2. The number of carbonyl (C=O) groups is 2. The topological polar surface area (TPSA) is 170 Å². The minimum Gasteiger partial charge on any atom is -0.493 e. The summed E-state index contributed by atoms with van der Waals surface area (Å²) in [6, 6.07) is 7.15. The summed E-state index contributed by atoms with van der Waals surface area (Å²) in [5, 5.41) is 4.36. The molecule has 3 heterocycles. The van der Waals surface area contributed by atoms with E-state index in [1.165, 1.54) is 6.26 Å². The lowest BCUT2D eigenvalue weighted by Gasteiger charge is -2.36. The highest BCUT2D eigenvalue weighted by Gasteiger charge is 2.33. The number of benzene rings is 1. The highest BCUT2D eigenvalue weighted by Crippen LogP contribution is 2.35. The van der Waals surface area contributed by atoms with Crippen LogP contribution in [0.15, 0.2) is 36.7 Å². The molecule has 5 rings (SSSR count). The number of rotatable bonds is 13. The van der Waals surface area contributed by atoms with Crippen LogP contribution in [0.2, 0.25) is 0 Å². The van der Waals surface area contributed by atoms with Gasteiger partial charge in [0.15, 0.2) is 0 Å². The van der Waals surface area contributed by atoms with E-state index in [1.807, 2.05) is 49.2 Å². The van der Waals surface area contributed by atoms with Crippen LogP contribution in [0.25, 0.3) is 22.2 Å². The van der Waals surface area contributed by atoms with E-state index in [0.29, 0.717) is 63.0 Å². The first-order valence-corrected chi connectivity index (χ1v) is 18.8. The van der Waals surface area contributed by atoms with Crippen LogP contribution in [0, 0.1) is 11.8 Å². The number of hydrogen-bond donors (Lipinski definition) is 3. The van der Waals surface area contributed by atoms with E-state index >= 15 is 0 Å². The molecular weight excluding hydrogens is 620 g/mol. The first-order chi connectivity index (χ1) is 22.5. The smallest absolute Gasteiger partial charge is 0.323 e. The minimum atomic E-state index is -3.05. The van der Waals surface area contributed by atoms with E-state index in [-0.39, 0.29) is 35.7 Å². The number of aromatic nitrogens is 3. The Balaban J connectivity index is 1.12. The van der Waals surface area contributed by atoms with E-state index in [4.69, 9.17) is 20.2 Å².